The van der Waals surface area contributed by atoms with Gasteiger partial charge in [0, 0.05) is 12.3 Å². The average molecular weight is 338 g/mol. The first kappa shape index (κ1) is 18.3. The van der Waals surface area contributed by atoms with Gasteiger partial charge in [0.1, 0.15) is 5.82 Å². The molecule has 0 spiro atoms. The number of benzene rings is 1. The third-order valence-corrected chi connectivity index (χ3v) is 5.40. The smallest absolute Gasteiger partial charge is 0.237 e. The van der Waals surface area contributed by atoms with E-state index in [1.54, 1.807) is 17.8 Å². The van der Waals surface area contributed by atoms with Gasteiger partial charge in [0.2, 0.25) is 5.91 Å². The van der Waals surface area contributed by atoms with Crippen LogP contribution in [-0.4, -0.2) is 42.7 Å². The zero-order chi connectivity index (χ0) is 16.5. The minimum absolute atomic E-state index is 0.0311. The zero-order valence-electron chi connectivity index (χ0n) is 13.9. The average Bonchev–Trinajstić information content (AvgIpc) is 2.76. The lowest BCUT2D eigenvalue weighted by atomic mass is 10.1. The van der Waals surface area contributed by atoms with Crippen molar-refractivity contribution in [2.75, 3.05) is 25.9 Å². The van der Waals surface area contributed by atoms with Gasteiger partial charge in [-0.1, -0.05) is 31.0 Å². The summed E-state index contributed by atoms with van der Waals surface area (Å²) in [6.45, 7) is 1.71. The minimum atomic E-state index is -0.135. The molecule has 23 heavy (non-hydrogen) atoms. The highest BCUT2D eigenvalue weighted by molar-refractivity contribution is 7.98. The molecule has 0 saturated carbocycles. The molecule has 1 aliphatic rings. The van der Waals surface area contributed by atoms with E-state index < -0.39 is 0 Å². The van der Waals surface area contributed by atoms with Gasteiger partial charge in [-0.3, -0.25) is 9.69 Å². The number of nitrogens with one attached hydrogen (secondary N) is 1. The number of nitrogens with zero attached hydrogens (tertiary/aromatic N) is 1. The van der Waals surface area contributed by atoms with E-state index in [1.807, 2.05) is 19.2 Å². The third kappa shape index (κ3) is 6.15. The number of hydrogen-bond donors (Lipinski definition) is 1. The molecular formula is C18H27FN2OS. The van der Waals surface area contributed by atoms with Gasteiger partial charge in [-0.25, -0.2) is 4.39 Å². The van der Waals surface area contributed by atoms with Crippen molar-refractivity contribution in [1.82, 2.24) is 10.2 Å². The standard InChI is InChI=1S/C18H27FN2OS/c1-21-12-6-2-3-10-17(21)18(22)20-11-7-13-23-14-15-8-4-5-9-16(15)19/h4-5,8-9,17H,2-3,6-7,10-14H2,1H3,(H,20,22). The monoisotopic (exact) mass is 338 g/mol. The Hall–Kier alpha value is -1.07. The predicted molar refractivity (Wildman–Crippen MR) is 95.1 cm³/mol. The lowest BCUT2D eigenvalue weighted by molar-refractivity contribution is -0.126. The normalized spacial score (nSPS) is 19.3. The summed E-state index contributed by atoms with van der Waals surface area (Å²) in [6.07, 6.45) is 5.43. The fourth-order valence-electron chi connectivity index (χ4n) is 2.88. The van der Waals surface area contributed by atoms with Gasteiger partial charge in [0.25, 0.3) is 0 Å². The van der Waals surface area contributed by atoms with Crippen molar-refractivity contribution < 1.29 is 9.18 Å². The van der Waals surface area contributed by atoms with Gasteiger partial charge >= 0.3 is 0 Å². The Kier molecular flexibility index (Phi) is 7.89. The second kappa shape index (κ2) is 9.93. The van der Waals surface area contributed by atoms with Crippen molar-refractivity contribution in [3.8, 4) is 0 Å². The summed E-state index contributed by atoms with van der Waals surface area (Å²) in [4.78, 5) is 14.4. The number of likely N-dealkylation sites (N-methyl/N-ethyl adjacent to an activating group) is 1. The molecule has 0 aromatic heterocycles. The Labute approximate surface area is 143 Å². The second-order valence-electron chi connectivity index (χ2n) is 6.13. The highest BCUT2D eigenvalue weighted by Gasteiger charge is 2.23. The first-order chi connectivity index (χ1) is 11.2. The van der Waals surface area contributed by atoms with E-state index in [0.29, 0.717) is 12.3 Å². The van der Waals surface area contributed by atoms with Gasteiger partial charge in [-0.05, 0) is 50.2 Å². The summed E-state index contributed by atoms with van der Waals surface area (Å²) in [7, 11) is 2.04. The lowest BCUT2D eigenvalue weighted by Gasteiger charge is -2.24. The Balaban J connectivity index is 1.59. The molecule has 0 aliphatic carbocycles. The first-order valence-electron chi connectivity index (χ1n) is 8.47. The number of carbonyl (C=O) groups is 1. The first-order valence-corrected chi connectivity index (χ1v) is 9.63. The number of halogens is 1. The second-order valence-corrected chi connectivity index (χ2v) is 7.24. The largest absolute Gasteiger partial charge is 0.355 e. The Bertz CT molecular complexity index is 498. The number of amides is 1. The maximum Gasteiger partial charge on any atom is 0.237 e. The van der Waals surface area contributed by atoms with Crippen LogP contribution in [0.3, 0.4) is 0 Å². The lowest BCUT2D eigenvalue weighted by Crippen LogP contribution is -2.45. The molecule has 0 bridgehead atoms. The molecule has 1 heterocycles. The molecule has 1 fully saturated rings. The SMILES string of the molecule is CN1CCCCCC1C(=O)NCCCSCc1ccccc1F. The van der Waals surface area contributed by atoms with E-state index in [2.05, 4.69) is 10.2 Å². The van der Waals surface area contributed by atoms with Crippen molar-refractivity contribution >= 4 is 17.7 Å². The van der Waals surface area contributed by atoms with Crippen molar-refractivity contribution in [1.29, 1.82) is 0 Å². The maximum atomic E-state index is 13.5. The molecule has 1 unspecified atom stereocenters. The van der Waals surface area contributed by atoms with E-state index in [9.17, 15) is 9.18 Å². The van der Waals surface area contributed by atoms with Crippen LogP contribution >= 0.6 is 11.8 Å². The van der Waals surface area contributed by atoms with E-state index >= 15 is 0 Å². The molecule has 0 radical (unpaired) electrons. The third-order valence-electron chi connectivity index (χ3n) is 4.30. The molecule has 1 aliphatic heterocycles. The topological polar surface area (TPSA) is 32.3 Å². The quantitative estimate of drug-likeness (QED) is 0.773. The number of thioether (sulfide) groups is 1. The molecule has 1 saturated heterocycles. The van der Waals surface area contributed by atoms with Gasteiger partial charge in [-0.2, -0.15) is 11.8 Å². The fraction of sp³-hybridized carbons (Fsp3) is 0.611. The van der Waals surface area contributed by atoms with Crippen LogP contribution in [-0.2, 0) is 10.5 Å². The Morgan fingerprint density at radius 3 is 3.00 bits per heavy atom. The molecule has 1 amide bonds. The molecule has 1 aromatic rings. The summed E-state index contributed by atoms with van der Waals surface area (Å²) in [5.41, 5.74) is 0.751. The molecule has 128 valence electrons. The van der Waals surface area contributed by atoms with Gasteiger partial charge < -0.3 is 5.32 Å². The van der Waals surface area contributed by atoms with E-state index in [4.69, 9.17) is 0 Å². The van der Waals surface area contributed by atoms with Crippen LogP contribution in [0, 0.1) is 5.82 Å². The Morgan fingerprint density at radius 2 is 2.17 bits per heavy atom. The van der Waals surface area contributed by atoms with Crippen molar-refractivity contribution in [2.24, 2.45) is 0 Å². The molecule has 3 nitrogen and oxygen atoms in total. The number of likely N-dealkylation sites (tertiary alicyclic amines) is 1. The van der Waals surface area contributed by atoms with Crippen LogP contribution in [0.15, 0.2) is 24.3 Å². The highest BCUT2D eigenvalue weighted by atomic mass is 32.2. The summed E-state index contributed by atoms with van der Waals surface area (Å²) < 4.78 is 13.5. The predicted octanol–water partition coefficient (Wildman–Crippen LogP) is 3.44. The minimum Gasteiger partial charge on any atom is -0.355 e. The number of carbonyl (C=O) groups excluding carboxylic acids is 1. The van der Waals surface area contributed by atoms with Crippen LogP contribution in [0.25, 0.3) is 0 Å². The number of rotatable bonds is 7. The number of hydrogen-bond acceptors (Lipinski definition) is 3. The molecule has 5 heteroatoms. The van der Waals surface area contributed by atoms with Crippen LogP contribution in [0.2, 0.25) is 0 Å². The van der Waals surface area contributed by atoms with Crippen molar-refractivity contribution in [3.05, 3.63) is 35.6 Å². The summed E-state index contributed by atoms with van der Waals surface area (Å²) >= 11 is 1.71. The van der Waals surface area contributed by atoms with Crippen molar-refractivity contribution in [2.45, 2.75) is 43.9 Å². The van der Waals surface area contributed by atoms with E-state index in [-0.39, 0.29) is 17.8 Å². The van der Waals surface area contributed by atoms with E-state index in [0.717, 1.165) is 37.1 Å². The van der Waals surface area contributed by atoms with Crippen LogP contribution < -0.4 is 5.32 Å². The van der Waals surface area contributed by atoms with Gasteiger partial charge in [0.15, 0.2) is 0 Å². The maximum absolute atomic E-state index is 13.5. The molecular weight excluding hydrogens is 311 g/mol. The Morgan fingerprint density at radius 1 is 1.35 bits per heavy atom. The highest BCUT2D eigenvalue weighted by Crippen LogP contribution is 2.16. The van der Waals surface area contributed by atoms with Crippen LogP contribution in [0.4, 0.5) is 4.39 Å². The summed E-state index contributed by atoms with van der Waals surface area (Å²) in [5, 5.41) is 3.05. The van der Waals surface area contributed by atoms with Gasteiger partial charge in [0.05, 0.1) is 6.04 Å². The van der Waals surface area contributed by atoms with E-state index in [1.165, 1.54) is 18.9 Å². The zero-order valence-corrected chi connectivity index (χ0v) is 14.7. The molecule has 1 atom stereocenters. The van der Waals surface area contributed by atoms with Crippen molar-refractivity contribution in [3.63, 3.8) is 0 Å². The fourth-order valence-corrected chi connectivity index (χ4v) is 3.83. The van der Waals surface area contributed by atoms with Gasteiger partial charge in [-0.15, -0.1) is 0 Å². The molecule has 2 rings (SSSR count). The summed E-state index contributed by atoms with van der Waals surface area (Å²) in [6, 6.07) is 6.93. The summed E-state index contributed by atoms with van der Waals surface area (Å²) in [5.74, 6) is 1.64. The van der Waals surface area contributed by atoms with Crippen LogP contribution in [0.5, 0.6) is 0 Å². The molecule has 1 N–H and O–H groups in total. The van der Waals surface area contributed by atoms with Crippen LogP contribution in [0.1, 0.15) is 37.7 Å². The molecule has 1 aromatic carbocycles.